The molecular weight excluding hydrogens is 294 g/mol. The van der Waals surface area contributed by atoms with E-state index in [4.69, 9.17) is 0 Å². The summed E-state index contributed by atoms with van der Waals surface area (Å²) >= 11 is 1.52. The van der Waals surface area contributed by atoms with E-state index in [1.54, 1.807) is 0 Å². The molecular formula is C18H25NO2S. The van der Waals surface area contributed by atoms with Gasteiger partial charge in [-0.2, -0.15) is 0 Å². The molecule has 0 bridgehead atoms. The topological polar surface area (TPSA) is 53.4 Å². The van der Waals surface area contributed by atoms with Crippen molar-refractivity contribution in [3.05, 3.63) is 34.3 Å². The molecule has 1 aromatic heterocycles. The normalized spacial score (nSPS) is 12.7. The molecule has 0 radical (unpaired) electrons. The van der Waals surface area contributed by atoms with E-state index in [2.05, 4.69) is 46.5 Å². The van der Waals surface area contributed by atoms with Gasteiger partial charge >= 0.3 is 0 Å². The average molecular weight is 319 g/mol. The molecule has 0 unspecified atom stereocenters. The number of benzene rings is 1. The highest BCUT2D eigenvalue weighted by molar-refractivity contribution is 7.13. The molecule has 0 fully saturated rings. The molecule has 0 aliphatic rings. The van der Waals surface area contributed by atoms with E-state index < -0.39 is 0 Å². The molecule has 120 valence electrons. The van der Waals surface area contributed by atoms with Crippen molar-refractivity contribution in [3.8, 4) is 16.3 Å². The summed E-state index contributed by atoms with van der Waals surface area (Å²) < 4.78 is 0. The summed E-state index contributed by atoms with van der Waals surface area (Å²) in [5, 5.41) is 22.7. The molecule has 2 N–H and O–H groups in total. The zero-order valence-electron chi connectivity index (χ0n) is 14.2. The number of aromatic hydroxyl groups is 1. The van der Waals surface area contributed by atoms with Gasteiger partial charge in [-0.3, -0.25) is 0 Å². The van der Waals surface area contributed by atoms with Gasteiger partial charge in [0.1, 0.15) is 10.8 Å². The zero-order valence-corrected chi connectivity index (χ0v) is 15.0. The quantitative estimate of drug-likeness (QED) is 0.850. The molecule has 1 heterocycles. The SMILES string of the molecule is CC(C)(C)c1cc(-c2nc(CO)cs2)cc(C(C)(C)C)c1O. The maximum Gasteiger partial charge on any atom is 0.123 e. The molecule has 4 heteroatoms. The molecule has 0 amide bonds. The molecule has 1 aromatic carbocycles. The summed E-state index contributed by atoms with van der Waals surface area (Å²) in [4.78, 5) is 4.46. The van der Waals surface area contributed by atoms with Crippen molar-refractivity contribution in [3.63, 3.8) is 0 Å². The highest BCUT2D eigenvalue weighted by Crippen LogP contribution is 2.42. The van der Waals surface area contributed by atoms with Gasteiger partial charge in [0, 0.05) is 22.1 Å². The molecule has 0 saturated heterocycles. The summed E-state index contributed by atoms with van der Waals surface area (Å²) in [6.07, 6.45) is 0. The molecule has 0 atom stereocenters. The summed E-state index contributed by atoms with van der Waals surface area (Å²) in [7, 11) is 0. The fourth-order valence-corrected chi connectivity index (χ4v) is 3.21. The maximum atomic E-state index is 10.7. The lowest BCUT2D eigenvalue weighted by Gasteiger charge is -2.28. The predicted molar refractivity (Wildman–Crippen MR) is 92.5 cm³/mol. The van der Waals surface area contributed by atoms with Crippen LogP contribution in [-0.2, 0) is 17.4 Å². The van der Waals surface area contributed by atoms with Crippen molar-refractivity contribution in [2.24, 2.45) is 0 Å². The lowest BCUT2D eigenvalue weighted by Crippen LogP contribution is -2.17. The molecule has 0 saturated carbocycles. The van der Waals surface area contributed by atoms with Gasteiger partial charge < -0.3 is 10.2 Å². The van der Waals surface area contributed by atoms with Gasteiger partial charge in [0.25, 0.3) is 0 Å². The predicted octanol–water partition coefficient (Wildman–Crippen LogP) is 4.60. The Hall–Kier alpha value is -1.39. The van der Waals surface area contributed by atoms with Crippen molar-refractivity contribution in [1.29, 1.82) is 0 Å². The van der Waals surface area contributed by atoms with Crippen LogP contribution in [0.2, 0.25) is 0 Å². The van der Waals surface area contributed by atoms with Crippen LogP contribution in [0.3, 0.4) is 0 Å². The number of hydrogen-bond acceptors (Lipinski definition) is 4. The number of hydrogen-bond donors (Lipinski definition) is 2. The Morgan fingerprint density at radius 1 is 1.00 bits per heavy atom. The van der Waals surface area contributed by atoms with Crippen LogP contribution >= 0.6 is 11.3 Å². The van der Waals surface area contributed by atoms with Crippen molar-refractivity contribution in [2.45, 2.75) is 59.0 Å². The Bertz CT molecular complexity index is 640. The number of rotatable bonds is 2. The van der Waals surface area contributed by atoms with Crippen LogP contribution in [0.15, 0.2) is 17.5 Å². The number of phenols is 1. The first-order valence-corrected chi connectivity index (χ1v) is 8.35. The van der Waals surface area contributed by atoms with Crippen LogP contribution in [0.5, 0.6) is 5.75 Å². The third-order valence-corrected chi connectivity index (χ3v) is 4.63. The third-order valence-electron chi connectivity index (χ3n) is 3.69. The molecule has 0 aliphatic carbocycles. The summed E-state index contributed by atoms with van der Waals surface area (Å²) in [5.41, 5.74) is 3.22. The van der Waals surface area contributed by atoms with E-state index in [0.717, 1.165) is 21.7 Å². The van der Waals surface area contributed by atoms with Gasteiger partial charge in [0.15, 0.2) is 0 Å². The lowest BCUT2D eigenvalue weighted by molar-refractivity contribution is 0.278. The second-order valence-electron chi connectivity index (χ2n) is 7.72. The largest absolute Gasteiger partial charge is 0.507 e. The Morgan fingerprint density at radius 2 is 1.50 bits per heavy atom. The van der Waals surface area contributed by atoms with Crippen LogP contribution in [0.25, 0.3) is 10.6 Å². The molecule has 2 rings (SSSR count). The Balaban J connectivity index is 2.70. The van der Waals surface area contributed by atoms with E-state index in [0.29, 0.717) is 11.4 Å². The van der Waals surface area contributed by atoms with Crippen molar-refractivity contribution in [1.82, 2.24) is 4.98 Å². The standard InChI is InChI=1S/C18H25NO2S/c1-17(2,3)13-7-11(16-19-12(9-20)10-22-16)8-14(15(13)21)18(4,5)6/h7-8,10,20-21H,9H2,1-6H3. The first-order valence-electron chi connectivity index (χ1n) is 7.47. The number of aliphatic hydroxyl groups is 1. The van der Waals surface area contributed by atoms with E-state index in [9.17, 15) is 10.2 Å². The summed E-state index contributed by atoms with van der Waals surface area (Å²) in [6.45, 7) is 12.5. The minimum atomic E-state index is -0.156. The van der Waals surface area contributed by atoms with Crippen molar-refractivity contribution in [2.75, 3.05) is 0 Å². The number of aromatic nitrogens is 1. The number of phenolic OH excluding ortho intramolecular Hbond substituents is 1. The number of aliphatic hydroxyl groups excluding tert-OH is 1. The Kier molecular flexibility index (Phi) is 4.37. The smallest absolute Gasteiger partial charge is 0.123 e. The minimum Gasteiger partial charge on any atom is -0.507 e. The minimum absolute atomic E-state index is 0.0488. The van der Waals surface area contributed by atoms with Gasteiger partial charge in [-0.05, 0) is 23.0 Å². The summed E-state index contributed by atoms with van der Waals surface area (Å²) in [6, 6.07) is 4.04. The van der Waals surface area contributed by atoms with Gasteiger partial charge in [0.05, 0.1) is 12.3 Å². The fourth-order valence-electron chi connectivity index (χ4n) is 2.41. The highest BCUT2D eigenvalue weighted by Gasteiger charge is 2.27. The van der Waals surface area contributed by atoms with Gasteiger partial charge in [0.2, 0.25) is 0 Å². The molecule has 0 spiro atoms. The summed E-state index contributed by atoms with van der Waals surface area (Å²) in [5.74, 6) is 0.377. The number of thiazole rings is 1. The monoisotopic (exact) mass is 319 g/mol. The zero-order chi connectivity index (χ0) is 16.7. The second kappa shape index (κ2) is 5.67. The van der Waals surface area contributed by atoms with Crippen molar-refractivity contribution >= 4 is 11.3 Å². The molecule has 3 nitrogen and oxygen atoms in total. The van der Waals surface area contributed by atoms with Gasteiger partial charge in [-0.25, -0.2) is 4.98 Å². The molecule has 0 aliphatic heterocycles. The highest BCUT2D eigenvalue weighted by atomic mass is 32.1. The molecule has 22 heavy (non-hydrogen) atoms. The second-order valence-corrected chi connectivity index (χ2v) is 8.58. The first kappa shape index (κ1) is 17.0. The van der Waals surface area contributed by atoms with Crippen LogP contribution in [-0.4, -0.2) is 15.2 Å². The Morgan fingerprint density at radius 3 is 1.86 bits per heavy atom. The average Bonchev–Trinajstić information content (AvgIpc) is 2.85. The van der Waals surface area contributed by atoms with Crippen LogP contribution in [0.1, 0.15) is 58.4 Å². The molecule has 2 aromatic rings. The maximum absolute atomic E-state index is 10.7. The van der Waals surface area contributed by atoms with Crippen molar-refractivity contribution < 1.29 is 10.2 Å². The Labute approximate surface area is 136 Å². The van der Waals surface area contributed by atoms with E-state index in [1.165, 1.54) is 11.3 Å². The van der Waals surface area contributed by atoms with E-state index >= 15 is 0 Å². The van der Waals surface area contributed by atoms with E-state index in [-0.39, 0.29) is 17.4 Å². The van der Waals surface area contributed by atoms with Crippen LogP contribution < -0.4 is 0 Å². The van der Waals surface area contributed by atoms with Crippen LogP contribution in [0, 0.1) is 0 Å². The number of nitrogens with zero attached hydrogens (tertiary/aromatic N) is 1. The van der Waals surface area contributed by atoms with Gasteiger partial charge in [-0.15, -0.1) is 11.3 Å². The van der Waals surface area contributed by atoms with Crippen LogP contribution in [0.4, 0.5) is 0 Å². The fraction of sp³-hybridized carbons (Fsp3) is 0.500. The first-order chi connectivity index (χ1) is 10.0. The van der Waals surface area contributed by atoms with E-state index in [1.807, 2.05) is 17.5 Å². The third kappa shape index (κ3) is 3.33. The van der Waals surface area contributed by atoms with Gasteiger partial charge in [-0.1, -0.05) is 41.5 Å². The lowest BCUT2D eigenvalue weighted by atomic mass is 9.78.